The molecule has 0 fully saturated rings. The van der Waals surface area contributed by atoms with Crippen LogP contribution >= 0.6 is 23.2 Å². The molecule has 2 amide bonds. The van der Waals surface area contributed by atoms with Crippen molar-refractivity contribution in [1.82, 2.24) is 25.4 Å². The first-order valence-corrected chi connectivity index (χ1v) is 13.0. The summed E-state index contributed by atoms with van der Waals surface area (Å²) in [5.74, 6) is -0.395. The summed E-state index contributed by atoms with van der Waals surface area (Å²) in [7, 11) is 0. The number of rotatable bonds is 7. The van der Waals surface area contributed by atoms with E-state index in [2.05, 4.69) is 25.8 Å². The molecule has 0 aliphatic carbocycles. The van der Waals surface area contributed by atoms with Crippen LogP contribution in [0.5, 0.6) is 0 Å². The Morgan fingerprint density at radius 1 is 1.16 bits per heavy atom. The third kappa shape index (κ3) is 5.25. The molecule has 9 nitrogen and oxygen atoms in total. The molecule has 0 saturated heterocycles. The van der Waals surface area contributed by atoms with E-state index >= 15 is 0 Å². The first-order chi connectivity index (χ1) is 18.3. The van der Waals surface area contributed by atoms with Crippen molar-refractivity contribution in [3.05, 3.63) is 91.6 Å². The van der Waals surface area contributed by atoms with Gasteiger partial charge in [-0.3, -0.25) is 19.5 Å². The number of anilines is 1. The highest BCUT2D eigenvalue weighted by Gasteiger charge is 2.29. The molecule has 11 heteroatoms. The molecule has 0 radical (unpaired) electrons. The van der Waals surface area contributed by atoms with Gasteiger partial charge < -0.3 is 20.5 Å². The largest absolute Gasteiger partial charge is 0.376 e. The highest BCUT2D eigenvalue weighted by molar-refractivity contribution is 6.35. The minimum absolute atomic E-state index is 0.0469. The summed E-state index contributed by atoms with van der Waals surface area (Å²) < 4.78 is 0. The molecule has 1 aliphatic rings. The van der Waals surface area contributed by atoms with E-state index in [0.29, 0.717) is 58.0 Å². The summed E-state index contributed by atoms with van der Waals surface area (Å²) in [6.07, 6.45) is 4.33. The molecule has 2 aromatic carbocycles. The number of aromatic amines is 2. The van der Waals surface area contributed by atoms with Crippen LogP contribution in [0.2, 0.25) is 10.0 Å². The van der Waals surface area contributed by atoms with E-state index in [9.17, 15) is 14.4 Å². The molecule has 0 bridgehead atoms. The fourth-order valence-corrected chi connectivity index (χ4v) is 5.60. The zero-order valence-electron chi connectivity index (χ0n) is 20.6. The number of carbonyl (C=O) groups is 2. The lowest BCUT2D eigenvalue weighted by atomic mass is 9.93. The quantitative estimate of drug-likeness (QED) is 0.275. The van der Waals surface area contributed by atoms with E-state index in [1.165, 1.54) is 6.20 Å². The average Bonchev–Trinajstić information content (AvgIpc) is 3.40. The monoisotopic (exact) mass is 552 g/mol. The highest BCUT2D eigenvalue weighted by atomic mass is 35.5. The van der Waals surface area contributed by atoms with Crippen molar-refractivity contribution in [3.8, 4) is 0 Å². The van der Waals surface area contributed by atoms with E-state index < -0.39 is 0 Å². The average molecular weight is 553 g/mol. The Bertz CT molecular complexity index is 1570. The minimum Gasteiger partial charge on any atom is -0.376 e. The highest BCUT2D eigenvalue weighted by Crippen LogP contribution is 2.37. The maximum Gasteiger partial charge on any atom is 0.255 e. The first kappa shape index (κ1) is 25.8. The predicted octanol–water partition coefficient (Wildman–Crippen LogP) is 4.09. The molecular formula is C27H26Cl2N6O3. The number of fused-ring (bicyclic) bond motifs is 2. The molecule has 1 atom stereocenters. The maximum atomic E-state index is 13.1. The molecule has 1 unspecified atom stereocenters. The minimum atomic E-state index is -0.309. The van der Waals surface area contributed by atoms with Gasteiger partial charge in [0.1, 0.15) is 0 Å². The van der Waals surface area contributed by atoms with Gasteiger partial charge in [-0.1, -0.05) is 23.2 Å². The number of aromatic nitrogens is 3. The number of hydrogen-bond acceptors (Lipinski definition) is 5. The molecule has 196 valence electrons. The van der Waals surface area contributed by atoms with Gasteiger partial charge in [-0.05, 0) is 60.9 Å². The summed E-state index contributed by atoms with van der Waals surface area (Å²) >= 11 is 12.6. The number of pyridine rings is 1. The second-order valence-corrected chi connectivity index (χ2v) is 10.1. The van der Waals surface area contributed by atoms with Gasteiger partial charge in [-0.2, -0.15) is 5.10 Å². The fourth-order valence-electron chi connectivity index (χ4n) is 4.91. The van der Waals surface area contributed by atoms with Gasteiger partial charge in [0, 0.05) is 64.1 Å². The first-order valence-electron chi connectivity index (χ1n) is 12.2. The van der Waals surface area contributed by atoms with E-state index in [1.807, 2.05) is 19.1 Å². The van der Waals surface area contributed by atoms with Crippen LogP contribution in [0.1, 0.15) is 40.1 Å². The lowest BCUT2D eigenvalue weighted by Crippen LogP contribution is -2.41. The summed E-state index contributed by atoms with van der Waals surface area (Å²) in [5, 5.41) is 14.8. The van der Waals surface area contributed by atoms with Crippen molar-refractivity contribution in [1.29, 1.82) is 0 Å². The standard InChI is InChI=1S/C27H26Cl2N6O3/c1-15-25-16(10-17(28)11-23(25)29)6-9-35(15)24(36)14-31-19-2-3-20-21(12-19)22(13-32-26(20)37)27(38)30-7-4-18-5-8-33-34-18/h2-3,5,8,10-13,15,31H,4,6-7,9,14H2,1H3,(H,30,38)(H,32,37)(H,33,34). The Hall–Kier alpha value is -3.82. The lowest BCUT2D eigenvalue weighted by Gasteiger charge is -2.36. The zero-order chi connectivity index (χ0) is 26.8. The number of benzene rings is 2. The van der Waals surface area contributed by atoms with Gasteiger partial charge in [-0.15, -0.1) is 0 Å². The summed E-state index contributed by atoms with van der Waals surface area (Å²) in [6.45, 7) is 2.96. The van der Waals surface area contributed by atoms with Gasteiger partial charge in [0.05, 0.1) is 18.2 Å². The van der Waals surface area contributed by atoms with Gasteiger partial charge in [-0.25, -0.2) is 0 Å². The number of nitrogens with one attached hydrogen (secondary N) is 4. The van der Waals surface area contributed by atoms with E-state index in [1.54, 1.807) is 35.4 Å². The zero-order valence-corrected chi connectivity index (χ0v) is 22.1. The van der Waals surface area contributed by atoms with Gasteiger partial charge >= 0.3 is 0 Å². The van der Waals surface area contributed by atoms with E-state index in [4.69, 9.17) is 23.2 Å². The SMILES string of the molecule is CC1c2c(Cl)cc(Cl)cc2CCN1C(=O)CNc1ccc2c(=O)[nH]cc(C(=O)NCCc3ccn[nH]3)c2c1. The lowest BCUT2D eigenvalue weighted by molar-refractivity contribution is -0.131. The summed E-state index contributed by atoms with van der Waals surface area (Å²) in [4.78, 5) is 42.9. The molecule has 38 heavy (non-hydrogen) atoms. The smallest absolute Gasteiger partial charge is 0.255 e. The van der Waals surface area contributed by atoms with Crippen molar-refractivity contribution < 1.29 is 9.59 Å². The van der Waals surface area contributed by atoms with Crippen LogP contribution in [-0.2, 0) is 17.6 Å². The number of nitrogens with zero attached hydrogens (tertiary/aromatic N) is 2. The molecule has 2 aromatic heterocycles. The van der Waals surface area contributed by atoms with Gasteiger partial charge in [0.25, 0.3) is 11.5 Å². The maximum absolute atomic E-state index is 13.1. The van der Waals surface area contributed by atoms with Crippen molar-refractivity contribution in [2.75, 3.05) is 25.0 Å². The van der Waals surface area contributed by atoms with Crippen molar-refractivity contribution in [2.45, 2.75) is 25.8 Å². The predicted molar refractivity (Wildman–Crippen MR) is 148 cm³/mol. The molecule has 4 N–H and O–H groups in total. The van der Waals surface area contributed by atoms with Crippen molar-refractivity contribution >= 4 is 51.5 Å². The fraction of sp³-hybridized carbons (Fsp3) is 0.259. The number of H-pyrrole nitrogens is 2. The second kappa shape index (κ2) is 10.9. The second-order valence-electron chi connectivity index (χ2n) is 9.21. The molecule has 1 aliphatic heterocycles. The van der Waals surface area contributed by atoms with Crippen LogP contribution in [-0.4, -0.2) is 51.5 Å². The summed E-state index contributed by atoms with van der Waals surface area (Å²) in [6, 6.07) is 10.3. The molecule has 0 spiro atoms. The van der Waals surface area contributed by atoms with E-state index in [0.717, 1.165) is 16.8 Å². The van der Waals surface area contributed by atoms with Crippen LogP contribution in [0, 0.1) is 0 Å². The third-order valence-electron chi connectivity index (χ3n) is 6.84. The van der Waals surface area contributed by atoms with Gasteiger partial charge in [0.15, 0.2) is 0 Å². The Morgan fingerprint density at radius 2 is 2.00 bits per heavy atom. The van der Waals surface area contributed by atoms with Crippen LogP contribution in [0.3, 0.4) is 0 Å². The van der Waals surface area contributed by atoms with Crippen LogP contribution in [0.15, 0.2) is 53.6 Å². The third-order valence-corrected chi connectivity index (χ3v) is 7.37. The van der Waals surface area contributed by atoms with Crippen molar-refractivity contribution in [3.63, 3.8) is 0 Å². The number of carbonyl (C=O) groups excluding carboxylic acids is 2. The number of hydrogen-bond donors (Lipinski definition) is 4. The molecule has 0 saturated carbocycles. The number of halogens is 2. The number of amides is 2. The topological polar surface area (TPSA) is 123 Å². The van der Waals surface area contributed by atoms with E-state index in [-0.39, 0.29) is 30.0 Å². The Balaban J connectivity index is 1.29. The van der Waals surface area contributed by atoms with Gasteiger partial charge in [0.2, 0.25) is 5.91 Å². The molecule has 3 heterocycles. The Morgan fingerprint density at radius 3 is 2.79 bits per heavy atom. The van der Waals surface area contributed by atoms with Crippen molar-refractivity contribution in [2.24, 2.45) is 0 Å². The van der Waals surface area contributed by atoms with Crippen LogP contribution < -0.4 is 16.2 Å². The Labute approximate surface area is 228 Å². The van der Waals surface area contributed by atoms with Crippen LogP contribution in [0.4, 0.5) is 5.69 Å². The normalized spacial score (nSPS) is 14.8. The molecule has 4 aromatic rings. The Kier molecular flexibility index (Phi) is 7.40. The summed E-state index contributed by atoms with van der Waals surface area (Å²) in [5.41, 5.74) is 3.55. The molecule has 5 rings (SSSR count). The molecular weight excluding hydrogens is 527 g/mol. The van der Waals surface area contributed by atoms with Crippen LogP contribution in [0.25, 0.3) is 10.8 Å².